The van der Waals surface area contributed by atoms with E-state index >= 15 is 0 Å². The molecule has 2 aromatic rings. The Balaban J connectivity index is 1.99. The minimum atomic E-state index is -0.204. The lowest BCUT2D eigenvalue weighted by atomic mass is 10.2. The van der Waals surface area contributed by atoms with Crippen LogP contribution in [0.2, 0.25) is 0 Å². The van der Waals surface area contributed by atoms with Crippen LogP contribution in [-0.2, 0) is 6.54 Å². The summed E-state index contributed by atoms with van der Waals surface area (Å²) in [5.74, 6) is 6.66. The van der Waals surface area contributed by atoms with E-state index in [1.807, 2.05) is 5.38 Å². The second-order valence-corrected chi connectivity index (χ2v) is 4.90. The van der Waals surface area contributed by atoms with Crippen molar-refractivity contribution < 1.29 is 14.3 Å². The number of nitrogens with zero attached hydrogens (tertiary/aromatic N) is 1. The van der Waals surface area contributed by atoms with Crippen LogP contribution in [0.4, 0.5) is 0 Å². The van der Waals surface area contributed by atoms with Crippen LogP contribution in [0, 0.1) is 18.8 Å². The first-order valence-electron chi connectivity index (χ1n) is 6.07. The Morgan fingerprint density at radius 1 is 1.60 bits per heavy atom. The molecule has 0 aliphatic rings. The molecule has 2 N–H and O–H groups in total. The monoisotopic (exact) mass is 290 g/mol. The van der Waals surface area contributed by atoms with Gasteiger partial charge in [0.15, 0.2) is 0 Å². The fourth-order valence-electron chi connectivity index (χ4n) is 1.52. The van der Waals surface area contributed by atoms with E-state index in [1.54, 1.807) is 19.2 Å². The third-order valence-electron chi connectivity index (χ3n) is 2.40. The van der Waals surface area contributed by atoms with Crippen molar-refractivity contribution in [2.24, 2.45) is 0 Å². The summed E-state index contributed by atoms with van der Waals surface area (Å²) in [6, 6.07) is 1.79. The van der Waals surface area contributed by atoms with Gasteiger partial charge in [0.05, 0.1) is 19.3 Å². The van der Waals surface area contributed by atoms with Gasteiger partial charge in [-0.3, -0.25) is 4.79 Å². The maximum Gasteiger partial charge on any atom is 0.263 e. The fraction of sp³-hybridized carbons (Fsp3) is 0.286. The molecule has 2 rings (SSSR count). The Hall–Kier alpha value is -2.10. The first kappa shape index (κ1) is 14.3. The van der Waals surface area contributed by atoms with E-state index in [2.05, 4.69) is 22.1 Å². The van der Waals surface area contributed by atoms with Gasteiger partial charge in [-0.15, -0.1) is 11.3 Å². The van der Waals surface area contributed by atoms with E-state index in [-0.39, 0.29) is 19.1 Å². The number of amides is 1. The number of aliphatic hydroxyl groups is 1. The third-order valence-corrected chi connectivity index (χ3v) is 3.31. The molecule has 0 aliphatic heterocycles. The standard InChI is InChI=1S/C14H14N2O3S/c1-10-8-15-12(19-10)9-16-14(18)13-11(5-7-20-13)4-2-3-6-17/h5,7-8,17H,3,6,9H2,1H3,(H,16,18). The van der Waals surface area contributed by atoms with Gasteiger partial charge in [-0.05, 0) is 18.4 Å². The lowest BCUT2D eigenvalue weighted by Gasteiger charge is -2.01. The number of carbonyl (C=O) groups excluding carboxylic acids is 1. The Bertz CT molecular complexity index is 649. The molecule has 0 spiro atoms. The normalized spacial score (nSPS) is 9.90. The molecule has 0 unspecified atom stereocenters. The quantitative estimate of drug-likeness (QED) is 0.841. The van der Waals surface area contributed by atoms with E-state index in [0.717, 1.165) is 0 Å². The van der Waals surface area contributed by atoms with Crippen molar-refractivity contribution in [1.82, 2.24) is 10.3 Å². The first-order valence-corrected chi connectivity index (χ1v) is 6.95. The topological polar surface area (TPSA) is 75.4 Å². The van der Waals surface area contributed by atoms with Crippen LogP contribution >= 0.6 is 11.3 Å². The predicted octanol–water partition coefficient (Wildman–Crippen LogP) is 1.71. The van der Waals surface area contributed by atoms with Crippen molar-refractivity contribution >= 4 is 17.2 Å². The lowest BCUT2D eigenvalue weighted by Crippen LogP contribution is -2.22. The van der Waals surface area contributed by atoms with Gasteiger partial charge in [0.1, 0.15) is 10.6 Å². The highest BCUT2D eigenvalue weighted by Crippen LogP contribution is 2.16. The van der Waals surface area contributed by atoms with Gasteiger partial charge < -0.3 is 14.8 Å². The van der Waals surface area contributed by atoms with E-state index in [1.165, 1.54) is 11.3 Å². The van der Waals surface area contributed by atoms with E-state index in [4.69, 9.17) is 9.52 Å². The number of rotatable bonds is 4. The number of aryl methyl sites for hydroxylation is 1. The number of aliphatic hydroxyl groups excluding tert-OH is 1. The van der Waals surface area contributed by atoms with Crippen LogP contribution in [0.15, 0.2) is 22.1 Å². The summed E-state index contributed by atoms with van der Waals surface area (Å²) >= 11 is 1.33. The number of oxazole rings is 1. The number of nitrogens with one attached hydrogen (secondary N) is 1. The molecule has 1 amide bonds. The maximum absolute atomic E-state index is 12.1. The van der Waals surface area contributed by atoms with Crippen molar-refractivity contribution in [2.45, 2.75) is 19.9 Å². The molecule has 6 heteroatoms. The SMILES string of the molecule is Cc1cnc(CNC(=O)c2sccc2C#CCCO)o1. The average molecular weight is 290 g/mol. The molecule has 0 saturated heterocycles. The van der Waals surface area contributed by atoms with Gasteiger partial charge in [-0.1, -0.05) is 11.8 Å². The van der Waals surface area contributed by atoms with Crippen molar-refractivity contribution in [2.75, 3.05) is 6.61 Å². The molecule has 5 nitrogen and oxygen atoms in total. The minimum absolute atomic E-state index is 0.0161. The van der Waals surface area contributed by atoms with Crippen LogP contribution in [0.5, 0.6) is 0 Å². The van der Waals surface area contributed by atoms with E-state index in [0.29, 0.717) is 28.5 Å². The van der Waals surface area contributed by atoms with Gasteiger partial charge in [-0.25, -0.2) is 4.98 Å². The summed E-state index contributed by atoms with van der Waals surface area (Å²) in [6.07, 6.45) is 2.00. The van der Waals surface area contributed by atoms with Crippen LogP contribution in [0.25, 0.3) is 0 Å². The zero-order chi connectivity index (χ0) is 14.4. The number of hydrogen-bond donors (Lipinski definition) is 2. The van der Waals surface area contributed by atoms with E-state index < -0.39 is 0 Å². The Labute approximate surface area is 120 Å². The van der Waals surface area contributed by atoms with Crippen LogP contribution in [0.3, 0.4) is 0 Å². The third kappa shape index (κ3) is 3.70. The Kier molecular flexibility index (Phi) is 4.93. The molecular weight excluding hydrogens is 276 g/mol. The lowest BCUT2D eigenvalue weighted by molar-refractivity contribution is 0.0951. The van der Waals surface area contributed by atoms with Crippen LogP contribution in [0.1, 0.15) is 33.3 Å². The second-order valence-electron chi connectivity index (χ2n) is 3.99. The number of thiophene rings is 1. The molecule has 2 heterocycles. The van der Waals surface area contributed by atoms with Gasteiger partial charge >= 0.3 is 0 Å². The van der Waals surface area contributed by atoms with Crippen LogP contribution < -0.4 is 5.32 Å². The zero-order valence-electron chi connectivity index (χ0n) is 11.0. The zero-order valence-corrected chi connectivity index (χ0v) is 11.8. The summed E-state index contributed by atoms with van der Waals surface area (Å²) in [5, 5.41) is 13.2. The average Bonchev–Trinajstić information content (AvgIpc) is 3.05. The highest BCUT2D eigenvalue weighted by Gasteiger charge is 2.12. The van der Waals surface area contributed by atoms with Crippen LogP contribution in [-0.4, -0.2) is 22.6 Å². The highest BCUT2D eigenvalue weighted by atomic mass is 32.1. The number of hydrogen-bond acceptors (Lipinski definition) is 5. The largest absolute Gasteiger partial charge is 0.444 e. The summed E-state index contributed by atoms with van der Waals surface area (Å²) < 4.78 is 5.28. The second kappa shape index (κ2) is 6.89. The maximum atomic E-state index is 12.1. The molecule has 0 aliphatic carbocycles. The molecule has 104 valence electrons. The summed E-state index contributed by atoms with van der Waals surface area (Å²) in [6.45, 7) is 2.06. The smallest absolute Gasteiger partial charge is 0.263 e. The number of carbonyl (C=O) groups is 1. The summed E-state index contributed by atoms with van der Waals surface area (Å²) in [7, 11) is 0. The Morgan fingerprint density at radius 3 is 3.15 bits per heavy atom. The Morgan fingerprint density at radius 2 is 2.45 bits per heavy atom. The molecule has 0 radical (unpaired) electrons. The predicted molar refractivity (Wildman–Crippen MR) is 75.3 cm³/mol. The van der Waals surface area contributed by atoms with Gasteiger partial charge in [0.2, 0.25) is 5.89 Å². The summed E-state index contributed by atoms with van der Waals surface area (Å²) in [5.41, 5.74) is 0.671. The van der Waals surface area contributed by atoms with Gasteiger partial charge in [0, 0.05) is 12.0 Å². The fourth-order valence-corrected chi connectivity index (χ4v) is 2.28. The minimum Gasteiger partial charge on any atom is -0.444 e. The molecule has 0 saturated carbocycles. The molecular formula is C14H14N2O3S. The van der Waals surface area contributed by atoms with E-state index in [9.17, 15) is 4.79 Å². The van der Waals surface area contributed by atoms with Crippen molar-refractivity contribution in [3.63, 3.8) is 0 Å². The number of aromatic nitrogens is 1. The summed E-state index contributed by atoms with van der Waals surface area (Å²) in [4.78, 5) is 16.6. The first-order chi connectivity index (χ1) is 9.70. The molecule has 0 aromatic carbocycles. The molecule has 2 aromatic heterocycles. The van der Waals surface area contributed by atoms with Crippen molar-refractivity contribution in [3.8, 4) is 11.8 Å². The molecule has 0 fully saturated rings. The molecule has 0 atom stereocenters. The highest BCUT2D eigenvalue weighted by molar-refractivity contribution is 7.12. The van der Waals surface area contributed by atoms with Gasteiger partial charge in [0.25, 0.3) is 5.91 Å². The van der Waals surface area contributed by atoms with Crippen molar-refractivity contribution in [1.29, 1.82) is 0 Å². The molecule has 0 bridgehead atoms. The molecule has 20 heavy (non-hydrogen) atoms. The van der Waals surface area contributed by atoms with Gasteiger partial charge in [-0.2, -0.15) is 0 Å². The van der Waals surface area contributed by atoms with Crippen molar-refractivity contribution in [3.05, 3.63) is 39.7 Å².